The molecule has 2 aromatic carbocycles. The summed E-state index contributed by atoms with van der Waals surface area (Å²) < 4.78 is 39.6. The summed E-state index contributed by atoms with van der Waals surface area (Å²) in [6, 6.07) is 8.69. The Bertz CT molecular complexity index is 1390. The van der Waals surface area contributed by atoms with Gasteiger partial charge in [0, 0.05) is 6.07 Å². The van der Waals surface area contributed by atoms with Gasteiger partial charge in [-0.1, -0.05) is 35.1 Å². The van der Waals surface area contributed by atoms with Gasteiger partial charge in [-0.25, -0.2) is 18.2 Å². The van der Waals surface area contributed by atoms with Crippen molar-refractivity contribution in [2.75, 3.05) is 38.2 Å². The van der Waals surface area contributed by atoms with Crippen LogP contribution in [0, 0.1) is 0 Å². The number of aromatic nitrogens is 1. The zero-order valence-corrected chi connectivity index (χ0v) is 23.0. The molecule has 37 heavy (non-hydrogen) atoms. The highest BCUT2D eigenvalue weighted by molar-refractivity contribution is 7.94. The Morgan fingerprint density at radius 3 is 2.57 bits per heavy atom. The largest absolute Gasteiger partial charge is 0.493 e. The fourth-order valence-electron chi connectivity index (χ4n) is 4.04. The second kappa shape index (κ2) is 11.2. The average molecular weight is 567 g/mol. The van der Waals surface area contributed by atoms with Crippen molar-refractivity contribution in [3.63, 3.8) is 0 Å². The van der Waals surface area contributed by atoms with E-state index in [1.165, 1.54) is 19.2 Å². The maximum absolute atomic E-state index is 13.8. The number of rotatable bonds is 7. The van der Waals surface area contributed by atoms with Gasteiger partial charge in [-0.15, -0.1) is 0 Å². The van der Waals surface area contributed by atoms with Crippen molar-refractivity contribution in [1.82, 2.24) is 15.2 Å². The third-order valence-electron chi connectivity index (χ3n) is 6.00. The predicted molar refractivity (Wildman–Crippen MR) is 144 cm³/mol. The standard InChI is InChI=1S/C24H27ClN4O6S2/c1-4-35-20-13-16(17(25)14-19(20)34-3)22(30)27-23(31)29(24-26-18-7-5-6-8-21(18)36-24)37(32,33)15-9-11-28(2)12-10-15/h5-8,13-15H,4,9-12H2,1-3H3,(H,27,30,31). The van der Waals surface area contributed by atoms with E-state index in [4.69, 9.17) is 21.1 Å². The summed E-state index contributed by atoms with van der Waals surface area (Å²) in [4.78, 5) is 33.0. The second-order valence-electron chi connectivity index (χ2n) is 8.45. The highest BCUT2D eigenvalue weighted by atomic mass is 35.5. The number of sulfonamides is 1. The van der Waals surface area contributed by atoms with Gasteiger partial charge in [0.15, 0.2) is 11.5 Å². The number of fused-ring (bicyclic) bond motifs is 1. The number of hydrogen-bond acceptors (Lipinski definition) is 9. The number of thiazole rings is 1. The number of nitrogens with zero attached hydrogens (tertiary/aromatic N) is 3. The number of likely N-dealkylation sites (tertiary alicyclic amines) is 1. The summed E-state index contributed by atoms with van der Waals surface area (Å²) in [6.45, 7) is 3.21. The first-order valence-electron chi connectivity index (χ1n) is 11.6. The molecule has 1 saturated heterocycles. The summed E-state index contributed by atoms with van der Waals surface area (Å²) in [6.07, 6.45) is 0.701. The first-order chi connectivity index (χ1) is 17.6. The quantitative estimate of drug-likeness (QED) is 0.453. The highest BCUT2D eigenvalue weighted by Crippen LogP contribution is 2.35. The van der Waals surface area contributed by atoms with E-state index >= 15 is 0 Å². The maximum atomic E-state index is 13.8. The second-order valence-corrected chi connectivity index (χ2v) is 11.9. The molecule has 0 bridgehead atoms. The van der Waals surface area contributed by atoms with E-state index in [2.05, 4.69) is 10.3 Å². The summed E-state index contributed by atoms with van der Waals surface area (Å²) in [5, 5.41) is 1.35. The molecular formula is C24H27ClN4O6S2. The molecule has 0 radical (unpaired) electrons. The topological polar surface area (TPSA) is 118 Å². The van der Waals surface area contributed by atoms with Crippen LogP contribution in [-0.2, 0) is 10.0 Å². The van der Waals surface area contributed by atoms with Gasteiger partial charge in [0.1, 0.15) is 0 Å². The van der Waals surface area contributed by atoms with E-state index in [1.54, 1.807) is 31.2 Å². The predicted octanol–water partition coefficient (Wildman–Crippen LogP) is 4.14. The van der Waals surface area contributed by atoms with Crippen molar-refractivity contribution in [2.24, 2.45) is 0 Å². The van der Waals surface area contributed by atoms with E-state index < -0.39 is 27.2 Å². The van der Waals surface area contributed by atoms with Gasteiger partial charge < -0.3 is 14.4 Å². The van der Waals surface area contributed by atoms with Crippen molar-refractivity contribution in [2.45, 2.75) is 25.0 Å². The number of nitrogens with one attached hydrogen (secondary N) is 1. The normalized spacial score (nSPS) is 14.9. The minimum Gasteiger partial charge on any atom is -0.493 e. The summed E-state index contributed by atoms with van der Waals surface area (Å²) >= 11 is 7.34. The molecule has 0 aliphatic carbocycles. The third-order valence-corrected chi connectivity index (χ3v) is 9.61. The molecule has 1 aliphatic rings. The molecule has 1 N–H and O–H groups in total. The molecule has 3 aromatic rings. The van der Waals surface area contributed by atoms with Crippen LogP contribution in [0.1, 0.15) is 30.1 Å². The van der Waals surface area contributed by atoms with E-state index in [0.29, 0.717) is 52.8 Å². The van der Waals surface area contributed by atoms with E-state index in [0.717, 1.165) is 11.3 Å². The average Bonchev–Trinajstić information content (AvgIpc) is 3.28. The van der Waals surface area contributed by atoms with Crippen LogP contribution in [0.4, 0.5) is 9.93 Å². The lowest BCUT2D eigenvalue weighted by atomic mass is 10.1. The Balaban J connectivity index is 1.70. The molecule has 1 aromatic heterocycles. The SMILES string of the molecule is CCOc1cc(C(=O)NC(=O)N(c2nc3ccccc3s2)S(=O)(=O)C2CCN(C)CC2)c(Cl)cc1OC. The number of benzene rings is 2. The van der Waals surface area contributed by atoms with Crippen LogP contribution < -0.4 is 19.1 Å². The first-order valence-corrected chi connectivity index (χ1v) is 14.3. The van der Waals surface area contributed by atoms with Crippen molar-refractivity contribution >= 4 is 60.2 Å². The third kappa shape index (κ3) is 5.66. The van der Waals surface area contributed by atoms with Crippen LogP contribution in [0.25, 0.3) is 10.2 Å². The van der Waals surface area contributed by atoms with E-state index in [1.807, 2.05) is 11.9 Å². The number of imide groups is 1. The Kier molecular flexibility index (Phi) is 8.22. The van der Waals surface area contributed by atoms with Gasteiger partial charge in [0.05, 0.1) is 39.8 Å². The van der Waals surface area contributed by atoms with Crippen LogP contribution in [0.3, 0.4) is 0 Å². The lowest BCUT2D eigenvalue weighted by Crippen LogP contribution is -2.51. The van der Waals surface area contributed by atoms with Crippen molar-refractivity contribution in [3.05, 3.63) is 47.0 Å². The lowest BCUT2D eigenvalue weighted by Gasteiger charge is -2.31. The molecule has 4 rings (SSSR count). The van der Waals surface area contributed by atoms with Gasteiger partial charge in [-0.05, 0) is 58.1 Å². The minimum absolute atomic E-state index is 0.00955. The number of urea groups is 1. The molecule has 3 amide bonds. The number of anilines is 1. The number of halogens is 1. The minimum atomic E-state index is -4.20. The first kappa shape index (κ1) is 27.1. The van der Waals surface area contributed by atoms with Crippen LogP contribution in [0.2, 0.25) is 5.02 Å². The van der Waals surface area contributed by atoms with Crippen molar-refractivity contribution in [3.8, 4) is 11.5 Å². The summed E-state index contributed by atoms with van der Waals surface area (Å²) in [5.41, 5.74) is 0.477. The molecule has 2 heterocycles. The molecule has 13 heteroatoms. The Morgan fingerprint density at radius 1 is 1.22 bits per heavy atom. The van der Waals surface area contributed by atoms with Crippen LogP contribution in [0.5, 0.6) is 11.5 Å². The monoisotopic (exact) mass is 566 g/mol. The molecular weight excluding hydrogens is 540 g/mol. The number of piperidine rings is 1. The molecule has 0 spiro atoms. The number of carbonyl (C=O) groups is 2. The number of carbonyl (C=O) groups excluding carboxylic acids is 2. The van der Waals surface area contributed by atoms with Gasteiger partial charge in [0.25, 0.3) is 5.91 Å². The number of methoxy groups -OCH3 is 1. The smallest absolute Gasteiger partial charge is 0.344 e. The number of hydrogen-bond donors (Lipinski definition) is 1. The van der Waals surface area contributed by atoms with Crippen LogP contribution >= 0.6 is 22.9 Å². The van der Waals surface area contributed by atoms with Gasteiger partial charge in [0.2, 0.25) is 15.2 Å². The maximum Gasteiger partial charge on any atom is 0.344 e. The number of amides is 3. The molecule has 1 fully saturated rings. The van der Waals surface area contributed by atoms with Crippen LogP contribution in [0.15, 0.2) is 36.4 Å². The Labute approximate surface area is 224 Å². The van der Waals surface area contributed by atoms with Gasteiger partial charge in [-0.2, -0.15) is 4.31 Å². The molecule has 0 atom stereocenters. The highest BCUT2D eigenvalue weighted by Gasteiger charge is 2.40. The molecule has 1 aliphatic heterocycles. The zero-order valence-electron chi connectivity index (χ0n) is 20.6. The number of para-hydroxylation sites is 1. The summed E-state index contributed by atoms with van der Waals surface area (Å²) in [5.74, 6) is -0.312. The van der Waals surface area contributed by atoms with Crippen molar-refractivity contribution in [1.29, 1.82) is 0 Å². The van der Waals surface area contributed by atoms with E-state index in [-0.39, 0.29) is 21.5 Å². The van der Waals surface area contributed by atoms with Gasteiger partial charge in [-0.3, -0.25) is 10.1 Å². The number of ether oxygens (including phenoxy) is 2. The van der Waals surface area contributed by atoms with E-state index in [9.17, 15) is 18.0 Å². The molecule has 0 saturated carbocycles. The molecule has 198 valence electrons. The Morgan fingerprint density at radius 2 is 1.92 bits per heavy atom. The van der Waals surface area contributed by atoms with Crippen LogP contribution in [-0.4, -0.2) is 69.3 Å². The van der Waals surface area contributed by atoms with Gasteiger partial charge >= 0.3 is 6.03 Å². The lowest BCUT2D eigenvalue weighted by molar-refractivity contribution is 0.0966. The zero-order chi connectivity index (χ0) is 26.7. The fraction of sp³-hybridized carbons (Fsp3) is 0.375. The fourth-order valence-corrected chi connectivity index (χ4v) is 7.22. The molecule has 10 nitrogen and oxygen atoms in total. The molecule has 0 unspecified atom stereocenters. The van der Waals surface area contributed by atoms with Crippen molar-refractivity contribution < 1.29 is 27.5 Å². The Hall–Kier alpha value is -2.93. The summed E-state index contributed by atoms with van der Waals surface area (Å²) in [7, 11) is -0.857.